The maximum absolute atomic E-state index is 11.5. The minimum Gasteiger partial charge on any atom is -0.329 e. The van der Waals surface area contributed by atoms with Crippen LogP contribution >= 0.6 is 0 Å². The van der Waals surface area contributed by atoms with Gasteiger partial charge in [-0.3, -0.25) is 0 Å². The second-order valence-electron chi connectivity index (χ2n) is 4.73. The van der Waals surface area contributed by atoms with Crippen LogP contribution in [0.3, 0.4) is 0 Å². The molecule has 1 fully saturated rings. The molecular weight excluding hydrogens is 212 g/mol. The average molecular weight is 234 g/mol. The highest BCUT2D eigenvalue weighted by Gasteiger charge is 2.28. The normalized spacial score (nSPS) is 32.9. The lowest BCUT2D eigenvalue weighted by molar-refractivity contribution is 0.249. The number of nitrogens with one attached hydrogen (secondary N) is 1. The first-order valence-corrected chi connectivity index (χ1v) is 7.30. The van der Waals surface area contributed by atoms with Crippen LogP contribution in [0.5, 0.6) is 0 Å². The summed E-state index contributed by atoms with van der Waals surface area (Å²) >= 11 is 0. The molecule has 0 amide bonds. The SMILES string of the molecule is CC1CCC(NS(=O)(=O)CCN)C(C)C1. The van der Waals surface area contributed by atoms with Crippen molar-refractivity contribution in [3.8, 4) is 0 Å². The van der Waals surface area contributed by atoms with E-state index >= 15 is 0 Å². The number of nitrogens with two attached hydrogens (primary N) is 1. The molecule has 3 unspecified atom stereocenters. The van der Waals surface area contributed by atoms with Gasteiger partial charge in [0, 0.05) is 12.6 Å². The second-order valence-corrected chi connectivity index (χ2v) is 6.60. The first-order chi connectivity index (χ1) is 6.94. The molecule has 90 valence electrons. The van der Waals surface area contributed by atoms with Crippen molar-refractivity contribution < 1.29 is 8.42 Å². The topological polar surface area (TPSA) is 72.2 Å². The molecule has 5 heteroatoms. The van der Waals surface area contributed by atoms with Crippen molar-refractivity contribution in [3.63, 3.8) is 0 Å². The van der Waals surface area contributed by atoms with Gasteiger partial charge in [-0.25, -0.2) is 13.1 Å². The summed E-state index contributed by atoms with van der Waals surface area (Å²) in [7, 11) is -3.16. The van der Waals surface area contributed by atoms with E-state index in [0.29, 0.717) is 5.92 Å². The third-order valence-electron chi connectivity index (χ3n) is 3.15. The van der Waals surface area contributed by atoms with Gasteiger partial charge in [0.15, 0.2) is 0 Å². The molecule has 1 saturated carbocycles. The number of rotatable bonds is 4. The Morgan fingerprint density at radius 2 is 2.00 bits per heavy atom. The number of hydrogen-bond donors (Lipinski definition) is 2. The summed E-state index contributed by atoms with van der Waals surface area (Å²) in [6.45, 7) is 4.53. The first-order valence-electron chi connectivity index (χ1n) is 5.64. The van der Waals surface area contributed by atoms with E-state index in [9.17, 15) is 8.42 Å². The predicted molar refractivity (Wildman–Crippen MR) is 61.9 cm³/mol. The molecule has 0 bridgehead atoms. The monoisotopic (exact) mass is 234 g/mol. The molecule has 0 aromatic heterocycles. The van der Waals surface area contributed by atoms with Crippen molar-refractivity contribution in [1.29, 1.82) is 0 Å². The Kier molecular flexibility index (Phi) is 4.55. The lowest BCUT2D eigenvalue weighted by Gasteiger charge is -2.32. The molecule has 3 atom stereocenters. The van der Waals surface area contributed by atoms with Crippen LogP contribution in [0.4, 0.5) is 0 Å². The van der Waals surface area contributed by atoms with Crippen LogP contribution in [-0.4, -0.2) is 26.8 Å². The van der Waals surface area contributed by atoms with E-state index in [4.69, 9.17) is 5.73 Å². The fourth-order valence-corrected chi connectivity index (χ4v) is 3.52. The number of sulfonamides is 1. The van der Waals surface area contributed by atoms with Crippen LogP contribution in [0.25, 0.3) is 0 Å². The highest BCUT2D eigenvalue weighted by atomic mass is 32.2. The van der Waals surface area contributed by atoms with E-state index in [0.717, 1.165) is 25.2 Å². The zero-order valence-corrected chi connectivity index (χ0v) is 10.4. The van der Waals surface area contributed by atoms with Crippen LogP contribution in [0.1, 0.15) is 33.1 Å². The highest BCUT2D eigenvalue weighted by molar-refractivity contribution is 7.89. The van der Waals surface area contributed by atoms with E-state index < -0.39 is 10.0 Å². The first kappa shape index (κ1) is 12.9. The molecule has 0 aromatic rings. The van der Waals surface area contributed by atoms with Crippen LogP contribution in [0.15, 0.2) is 0 Å². The summed E-state index contributed by atoms with van der Waals surface area (Å²) in [5.74, 6) is 1.18. The molecule has 0 saturated heterocycles. The van der Waals surface area contributed by atoms with E-state index in [1.165, 1.54) is 0 Å². The third-order valence-corrected chi connectivity index (χ3v) is 4.58. The maximum Gasteiger partial charge on any atom is 0.213 e. The molecule has 0 aliphatic heterocycles. The lowest BCUT2D eigenvalue weighted by atomic mass is 9.80. The second kappa shape index (κ2) is 5.27. The Bertz CT molecular complexity index is 290. The smallest absolute Gasteiger partial charge is 0.213 e. The Labute approximate surface area is 92.7 Å². The third kappa shape index (κ3) is 4.09. The lowest BCUT2D eigenvalue weighted by Crippen LogP contribution is -2.44. The summed E-state index contributed by atoms with van der Waals surface area (Å²) < 4.78 is 25.8. The van der Waals surface area contributed by atoms with Gasteiger partial charge in [-0.05, 0) is 31.1 Å². The van der Waals surface area contributed by atoms with E-state index in [1.54, 1.807) is 0 Å². The Morgan fingerprint density at radius 1 is 1.33 bits per heavy atom. The van der Waals surface area contributed by atoms with Gasteiger partial charge in [0.05, 0.1) is 5.75 Å². The molecule has 1 aliphatic rings. The van der Waals surface area contributed by atoms with Gasteiger partial charge in [-0.15, -0.1) is 0 Å². The van der Waals surface area contributed by atoms with Gasteiger partial charge >= 0.3 is 0 Å². The Hall–Kier alpha value is -0.130. The maximum atomic E-state index is 11.5. The molecule has 3 N–H and O–H groups in total. The van der Waals surface area contributed by atoms with Crippen molar-refractivity contribution in [3.05, 3.63) is 0 Å². The summed E-state index contributed by atoms with van der Waals surface area (Å²) in [6, 6.07) is 0.109. The van der Waals surface area contributed by atoms with Crippen molar-refractivity contribution >= 4 is 10.0 Å². The Balaban J connectivity index is 2.51. The fourth-order valence-electron chi connectivity index (χ4n) is 2.29. The van der Waals surface area contributed by atoms with Crippen molar-refractivity contribution in [1.82, 2.24) is 4.72 Å². The van der Waals surface area contributed by atoms with Gasteiger partial charge in [0.2, 0.25) is 10.0 Å². The van der Waals surface area contributed by atoms with Gasteiger partial charge in [0.1, 0.15) is 0 Å². The summed E-state index contributed by atoms with van der Waals surface area (Å²) in [5, 5.41) is 0. The fraction of sp³-hybridized carbons (Fsp3) is 1.00. The summed E-state index contributed by atoms with van der Waals surface area (Å²) in [6.07, 6.45) is 3.17. The zero-order valence-electron chi connectivity index (χ0n) is 9.57. The van der Waals surface area contributed by atoms with Gasteiger partial charge in [-0.2, -0.15) is 0 Å². The standard InChI is InChI=1S/C10H22N2O2S/c1-8-3-4-10(9(2)7-8)12-15(13,14)6-5-11/h8-10,12H,3-7,11H2,1-2H3. The Morgan fingerprint density at radius 3 is 2.53 bits per heavy atom. The van der Waals surface area contributed by atoms with Crippen molar-refractivity contribution in [2.75, 3.05) is 12.3 Å². The van der Waals surface area contributed by atoms with Crippen molar-refractivity contribution in [2.24, 2.45) is 17.6 Å². The summed E-state index contributed by atoms with van der Waals surface area (Å²) in [5.41, 5.74) is 5.26. The molecule has 4 nitrogen and oxygen atoms in total. The molecule has 1 rings (SSSR count). The van der Waals surface area contributed by atoms with Gasteiger partial charge in [0.25, 0.3) is 0 Å². The summed E-state index contributed by atoms with van der Waals surface area (Å²) in [4.78, 5) is 0. The van der Waals surface area contributed by atoms with Crippen LogP contribution in [0, 0.1) is 11.8 Å². The minimum absolute atomic E-state index is 0.0335. The van der Waals surface area contributed by atoms with E-state index in [2.05, 4.69) is 18.6 Å². The van der Waals surface area contributed by atoms with E-state index in [1.807, 2.05) is 0 Å². The molecular formula is C10H22N2O2S. The van der Waals surface area contributed by atoms with Crippen LogP contribution in [0.2, 0.25) is 0 Å². The van der Waals surface area contributed by atoms with Crippen LogP contribution < -0.4 is 10.5 Å². The molecule has 0 heterocycles. The molecule has 1 aliphatic carbocycles. The molecule has 0 spiro atoms. The minimum atomic E-state index is -3.16. The van der Waals surface area contributed by atoms with Crippen LogP contribution in [-0.2, 0) is 10.0 Å². The average Bonchev–Trinajstić information content (AvgIpc) is 2.09. The molecule has 0 aromatic carbocycles. The van der Waals surface area contributed by atoms with Gasteiger partial charge < -0.3 is 5.73 Å². The van der Waals surface area contributed by atoms with Gasteiger partial charge in [-0.1, -0.05) is 13.8 Å². The largest absolute Gasteiger partial charge is 0.329 e. The molecule has 15 heavy (non-hydrogen) atoms. The molecule has 0 radical (unpaired) electrons. The number of hydrogen-bond acceptors (Lipinski definition) is 3. The van der Waals surface area contributed by atoms with Crippen molar-refractivity contribution in [2.45, 2.75) is 39.2 Å². The highest BCUT2D eigenvalue weighted by Crippen LogP contribution is 2.28. The predicted octanol–water partition coefficient (Wildman–Crippen LogP) is 0.689. The zero-order chi connectivity index (χ0) is 11.5. The van der Waals surface area contributed by atoms with E-state index in [-0.39, 0.29) is 18.3 Å². The quantitative estimate of drug-likeness (QED) is 0.751.